The summed E-state index contributed by atoms with van der Waals surface area (Å²) < 4.78 is 0. The van der Waals surface area contributed by atoms with E-state index in [2.05, 4.69) is 53.7 Å². The van der Waals surface area contributed by atoms with Crippen molar-refractivity contribution in [1.29, 1.82) is 0 Å². The summed E-state index contributed by atoms with van der Waals surface area (Å²) >= 11 is 8.55. The normalized spacial score (nSPS) is 12.8. The number of benzene rings is 1. The highest BCUT2D eigenvalue weighted by Crippen LogP contribution is 2.39. The van der Waals surface area contributed by atoms with Crippen LogP contribution in [0.15, 0.2) is 12.1 Å². The number of aryl methyl sites for hydroxylation is 1. The van der Waals surface area contributed by atoms with E-state index in [0.29, 0.717) is 0 Å². The molecule has 19 heavy (non-hydrogen) atoms. The first kappa shape index (κ1) is 14.6. The summed E-state index contributed by atoms with van der Waals surface area (Å²) in [4.78, 5) is 2.56. The van der Waals surface area contributed by atoms with Gasteiger partial charge in [0, 0.05) is 9.75 Å². The van der Waals surface area contributed by atoms with E-state index >= 15 is 0 Å². The molecule has 1 aromatic heterocycles. The van der Waals surface area contributed by atoms with Crippen molar-refractivity contribution in [2.24, 2.45) is 0 Å². The largest absolute Gasteiger partial charge is 0.144 e. The molecule has 0 spiro atoms. The molecule has 2 aromatic rings. The summed E-state index contributed by atoms with van der Waals surface area (Å²) in [6.07, 6.45) is 0. The summed E-state index contributed by atoms with van der Waals surface area (Å²) in [5.41, 5.74) is 8.11. The van der Waals surface area contributed by atoms with E-state index in [9.17, 15) is 0 Å². The van der Waals surface area contributed by atoms with Crippen LogP contribution in [0, 0.1) is 41.5 Å². The van der Waals surface area contributed by atoms with Crippen LogP contribution in [0.4, 0.5) is 0 Å². The number of hydrogen-bond donors (Lipinski definition) is 0. The molecular weight excluding hydrogens is 272 g/mol. The van der Waals surface area contributed by atoms with Crippen molar-refractivity contribution in [3.8, 4) is 0 Å². The Hall–Kier alpha value is -0.790. The molecule has 2 heteroatoms. The Morgan fingerprint density at radius 3 is 1.68 bits per heavy atom. The van der Waals surface area contributed by atoms with Gasteiger partial charge in [0.1, 0.15) is 0 Å². The Morgan fingerprint density at radius 1 is 0.789 bits per heavy atom. The highest BCUT2D eigenvalue weighted by molar-refractivity contribution is 7.12. The van der Waals surface area contributed by atoms with E-state index in [4.69, 9.17) is 11.6 Å². The maximum Gasteiger partial charge on any atom is 0.0933 e. The average molecular weight is 293 g/mol. The van der Waals surface area contributed by atoms with Gasteiger partial charge in [0.2, 0.25) is 0 Å². The quantitative estimate of drug-likeness (QED) is 0.602. The lowest BCUT2D eigenvalue weighted by Gasteiger charge is -2.21. The molecule has 0 N–H and O–H groups in total. The molecule has 1 unspecified atom stereocenters. The fourth-order valence-corrected chi connectivity index (χ4v) is 4.04. The van der Waals surface area contributed by atoms with E-state index in [1.54, 1.807) is 11.3 Å². The molecule has 1 aromatic carbocycles. The summed E-state index contributed by atoms with van der Waals surface area (Å²) in [5, 5.41) is -0.0308. The molecule has 0 nitrogen and oxygen atoms in total. The third-order valence-corrected chi connectivity index (χ3v) is 5.97. The average Bonchev–Trinajstić information content (AvgIpc) is 2.81. The van der Waals surface area contributed by atoms with E-state index in [-0.39, 0.29) is 5.38 Å². The number of alkyl halides is 1. The first-order valence-corrected chi connectivity index (χ1v) is 7.87. The molecule has 0 amide bonds. The molecule has 102 valence electrons. The van der Waals surface area contributed by atoms with Gasteiger partial charge < -0.3 is 0 Å². The van der Waals surface area contributed by atoms with Gasteiger partial charge in [-0.2, -0.15) is 0 Å². The lowest BCUT2D eigenvalue weighted by Crippen LogP contribution is -2.05. The molecule has 0 aliphatic heterocycles. The van der Waals surface area contributed by atoms with Gasteiger partial charge in [-0.15, -0.1) is 22.9 Å². The Bertz CT molecular complexity index is 593. The summed E-state index contributed by atoms with van der Waals surface area (Å²) in [6.45, 7) is 13.1. The van der Waals surface area contributed by atoms with Gasteiger partial charge in [-0.3, -0.25) is 0 Å². The highest BCUT2D eigenvalue weighted by Gasteiger charge is 2.21. The molecule has 0 bridgehead atoms. The standard InChI is InChI=1S/C17H21ClS/c1-9-7-8-15(19-9)17(18)16-13(5)11(3)10(2)12(4)14(16)6/h7-8,17H,1-6H3. The van der Waals surface area contributed by atoms with Crippen molar-refractivity contribution in [1.82, 2.24) is 0 Å². The Kier molecular flexibility index (Phi) is 4.08. The molecule has 0 fully saturated rings. The number of thiophene rings is 1. The Balaban J connectivity index is 2.63. The van der Waals surface area contributed by atoms with Gasteiger partial charge in [-0.1, -0.05) is 0 Å². The van der Waals surface area contributed by atoms with Gasteiger partial charge in [0.05, 0.1) is 5.38 Å². The number of rotatable bonds is 2. The van der Waals surface area contributed by atoms with Crippen LogP contribution in [-0.4, -0.2) is 0 Å². The topological polar surface area (TPSA) is 0 Å². The molecule has 0 radical (unpaired) electrons. The summed E-state index contributed by atoms with van der Waals surface area (Å²) in [6, 6.07) is 4.30. The van der Waals surface area contributed by atoms with Gasteiger partial charge in [-0.25, -0.2) is 0 Å². The van der Waals surface area contributed by atoms with E-state index in [1.807, 2.05) is 0 Å². The third-order valence-electron chi connectivity index (χ3n) is 4.32. The van der Waals surface area contributed by atoms with E-state index in [0.717, 1.165) is 0 Å². The first-order chi connectivity index (χ1) is 8.84. The van der Waals surface area contributed by atoms with Gasteiger partial charge >= 0.3 is 0 Å². The Labute approximate surface area is 125 Å². The van der Waals surface area contributed by atoms with Crippen molar-refractivity contribution < 1.29 is 0 Å². The van der Waals surface area contributed by atoms with Crippen LogP contribution in [0.1, 0.15) is 48.5 Å². The van der Waals surface area contributed by atoms with Crippen molar-refractivity contribution in [2.45, 2.75) is 46.9 Å². The molecule has 0 aliphatic carbocycles. The van der Waals surface area contributed by atoms with Crippen LogP contribution < -0.4 is 0 Å². The van der Waals surface area contributed by atoms with Gasteiger partial charge in [-0.05, 0) is 87.1 Å². The number of halogens is 1. The molecule has 0 saturated heterocycles. The lowest BCUT2D eigenvalue weighted by atomic mass is 9.88. The maximum absolute atomic E-state index is 6.76. The van der Waals surface area contributed by atoms with Crippen molar-refractivity contribution in [3.63, 3.8) is 0 Å². The van der Waals surface area contributed by atoms with Crippen molar-refractivity contribution >= 4 is 22.9 Å². The minimum atomic E-state index is -0.0308. The second-order valence-electron chi connectivity index (χ2n) is 5.35. The molecule has 2 rings (SSSR count). The van der Waals surface area contributed by atoms with Crippen LogP contribution in [0.3, 0.4) is 0 Å². The van der Waals surface area contributed by atoms with Gasteiger partial charge in [0.25, 0.3) is 0 Å². The van der Waals surface area contributed by atoms with E-state index in [1.165, 1.54) is 43.1 Å². The van der Waals surface area contributed by atoms with Crippen molar-refractivity contribution in [3.05, 3.63) is 55.3 Å². The fraction of sp³-hybridized carbons (Fsp3) is 0.412. The second kappa shape index (κ2) is 5.30. The zero-order valence-electron chi connectivity index (χ0n) is 12.5. The Morgan fingerprint density at radius 2 is 1.26 bits per heavy atom. The molecule has 0 aliphatic rings. The lowest BCUT2D eigenvalue weighted by molar-refractivity contribution is 1.05. The summed E-state index contributed by atoms with van der Waals surface area (Å²) in [7, 11) is 0. The minimum Gasteiger partial charge on any atom is -0.144 e. The van der Waals surface area contributed by atoms with Crippen LogP contribution in [0.2, 0.25) is 0 Å². The van der Waals surface area contributed by atoms with Gasteiger partial charge in [0.15, 0.2) is 0 Å². The van der Waals surface area contributed by atoms with E-state index < -0.39 is 0 Å². The SMILES string of the molecule is Cc1ccc(C(Cl)c2c(C)c(C)c(C)c(C)c2C)s1. The van der Waals surface area contributed by atoms with Crippen LogP contribution in [0.25, 0.3) is 0 Å². The molecule has 1 heterocycles. The first-order valence-electron chi connectivity index (χ1n) is 6.61. The fourth-order valence-electron chi connectivity index (χ4n) is 2.64. The monoisotopic (exact) mass is 292 g/mol. The smallest absolute Gasteiger partial charge is 0.0933 e. The summed E-state index contributed by atoms with van der Waals surface area (Å²) in [5.74, 6) is 0. The predicted molar refractivity (Wildman–Crippen MR) is 86.9 cm³/mol. The van der Waals surface area contributed by atoms with Crippen LogP contribution >= 0.6 is 22.9 Å². The maximum atomic E-state index is 6.76. The van der Waals surface area contributed by atoms with Crippen LogP contribution in [0.5, 0.6) is 0 Å². The molecular formula is C17H21ClS. The van der Waals surface area contributed by atoms with Crippen LogP contribution in [-0.2, 0) is 0 Å². The molecule has 0 saturated carbocycles. The third kappa shape index (κ3) is 2.46. The minimum absolute atomic E-state index is 0.0308. The predicted octanol–water partition coefficient (Wildman–Crippen LogP) is 5.93. The second-order valence-corrected chi connectivity index (χ2v) is 7.11. The zero-order valence-corrected chi connectivity index (χ0v) is 14.1. The highest BCUT2D eigenvalue weighted by atomic mass is 35.5. The number of hydrogen-bond acceptors (Lipinski definition) is 1. The molecule has 1 atom stereocenters. The van der Waals surface area contributed by atoms with Crippen molar-refractivity contribution in [2.75, 3.05) is 0 Å². The zero-order chi connectivity index (χ0) is 14.3.